The molecule has 0 aromatic carbocycles. The van der Waals surface area contributed by atoms with Crippen molar-refractivity contribution in [1.29, 1.82) is 0 Å². The molecule has 0 unspecified atom stereocenters. The standard InChI is InChI=1S/C13H24F3N3O/c1-3-18(4-2)7-8-19(6-5-13(14,15)16)12(20)11-9-17-10-11/h11,17H,3-10H2,1-2H3. The molecule has 1 aliphatic heterocycles. The normalized spacial score (nSPS) is 16.3. The van der Waals surface area contributed by atoms with Gasteiger partial charge in [0.2, 0.25) is 5.91 Å². The number of likely N-dealkylation sites (N-methyl/N-ethyl adjacent to an activating group) is 1. The molecular weight excluding hydrogens is 271 g/mol. The van der Waals surface area contributed by atoms with E-state index in [9.17, 15) is 18.0 Å². The monoisotopic (exact) mass is 295 g/mol. The molecule has 0 aromatic rings. The van der Waals surface area contributed by atoms with Crippen molar-refractivity contribution in [3.8, 4) is 0 Å². The molecule has 1 amide bonds. The van der Waals surface area contributed by atoms with Gasteiger partial charge in [0.05, 0.1) is 12.3 Å². The second kappa shape index (κ2) is 7.83. The fraction of sp³-hybridized carbons (Fsp3) is 0.923. The zero-order valence-electron chi connectivity index (χ0n) is 12.2. The largest absolute Gasteiger partial charge is 0.390 e. The number of hydrogen-bond donors (Lipinski definition) is 1. The van der Waals surface area contributed by atoms with Gasteiger partial charge in [0.25, 0.3) is 0 Å². The van der Waals surface area contributed by atoms with Gasteiger partial charge in [0.15, 0.2) is 0 Å². The van der Waals surface area contributed by atoms with Crippen molar-refractivity contribution in [3.63, 3.8) is 0 Å². The summed E-state index contributed by atoms with van der Waals surface area (Å²) in [5.41, 5.74) is 0. The highest BCUT2D eigenvalue weighted by atomic mass is 19.4. The van der Waals surface area contributed by atoms with Gasteiger partial charge in [-0.1, -0.05) is 13.8 Å². The number of alkyl halides is 3. The van der Waals surface area contributed by atoms with Crippen LogP contribution in [0.4, 0.5) is 13.2 Å². The Bertz CT molecular complexity index is 302. The van der Waals surface area contributed by atoms with Crippen LogP contribution in [0, 0.1) is 5.92 Å². The minimum atomic E-state index is -4.22. The highest BCUT2D eigenvalue weighted by Crippen LogP contribution is 2.20. The summed E-state index contributed by atoms with van der Waals surface area (Å²) in [6, 6.07) is 0. The van der Waals surface area contributed by atoms with Gasteiger partial charge in [0.1, 0.15) is 0 Å². The smallest absolute Gasteiger partial charge is 0.341 e. The summed E-state index contributed by atoms with van der Waals surface area (Å²) in [5.74, 6) is -0.305. The number of amides is 1. The van der Waals surface area contributed by atoms with Crippen molar-refractivity contribution < 1.29 is 18.0 Å². The molecule has 0 radical (unpaired) electrons. The predicted molar refractivity (Wildman–Crippen MR) is 71.4 cm³/mol. The van der Waals surface area contributed by atoms with E-state index in [0.29, 0.717) is 26.2 Å². The van der Waals surface area contributed by atoms with Gasteiger partial charge in [-0.15, -0.1) is 0 Å². The predicted octanol–water partition coefficient (Wildman–Crippen LogP) is 1.33. The van der Waals surface area contributed by atoms with Crippen LogP contribution in [0.1, 0.15) is 20.3 Å². The summed E-state index contributed by atoms with van der Waals surface area (Å²) in [6.45, 7) is 7.58. The van der Waals surface area contributed by atoms with Crippen molar-refractivity contribution >= 4 is 5.91 Å². The third kappa shape index (κ3) is 5.66. The summed E-state index contributed by atoms with van der Waals surface area (Å²) in [7, 11) is 0. The molecule has 4 nitrogen and oxygen atoms in total. The number of halogens is 3. The van der Waals surface area contributed by atoms with Gasteiger partial charge in [-0.25, -0.2) is 0 Å². The minimum Gasteiger partial charge on any atom is -0.341 e. The van der Waals surface area contributed by atoms with Crippen LogP contribution in [0.15, 0.2) is 0 Å². The Kier molecular flexibility index (Phi) is 6.75. The quantitative estimate of drug-likeness (QED) is 0.734. The highest BCUT2D eigenvalue weighted by Gasteiger charge is 2.33. The van der Waals surface area contributed by atoms with E-state index in [4.69, 9.17) is 0 Å². The van der Waals surface area contributed by atoms with Crippen molar-refractivity contribution in [2.24, 2.45) is 5.92 Å². The fourth-order valence-electron chi connectivity index (χ4n) is 2.12. The lowest BCUT2D eigenvalue weighted by atomic mass is 10.0. The molecule has 0 aliphatic carbocycles. The molecule has 0 spiro atoms. The van der Waals surface area contributed by atoms with Crippen LogP contribution in [0.3, 0.4) is 0 Å². The second-order valence-corrected chi connectivity index (χ2v) is 5.07. The molecule has 1 heterocycles. The van der Waals surface area contributed by atoms with E-state index in [-0.39, 0.29) is 18.4 Å². The Labute approximate surface area is 118 Å². The first-order valence-corrected chi connectivity index (χ1v) is 7.16. The van der Waals surface area contributed by atoms with Crippen molar-refractivity contribution in [3.05, 3.63) is 0 Å². The van der Waals surface area contributed by atoms with Crippen LogP contribution in [0.25, 0.3) is 0 Å². The molecule has 0 atom stereocenters. The van der Waals surface area contributed by atoms with E-state index in [1.54, 1.807) is 0 Å². The first-order valence-electron chi connectivity index (χ1n) is 7.16. The first-order chi connectivity index (χ1) is 9.37. The van der Waals surface area contributed by atoms with Gasteiger partial charge in [-0.2, -0.15) is 13.2 Å². The van der Waals surface area contributed by atoms with Crippen LogP contribution in [0.5, 0.6) is 0 Å². The fourth-order valence-corrected chi connectivity index (χ4v) is 2.12. The number of rotatable bonds is 8. The Morgan fingerprint density at radius 1 is 1.15 bits per heavy atom. The molecule has 118 valence electrons. The third-order valence-corrected chi connectivity index (χ3v) is 3.69. The van der Waals surface area contributed by atoms with E-state index < -0.39 is 12.6 Å². The summed E-state index contributed by atoms with van der Waals surface area (Å²) in [6.07, 6.45) is -5.15. The van der Waals surface area contributed by atoms with Crippen LogP contribution in [0.2, 0.25) is 0 Å². The molecule has 1 aliphatic rings. The summed E-state index contributed by atoms with van der Waals surface area (Å²) in [5, 5.41) is 2.98. The van der Waals surface area contributed by atoms with Crippen LogP contribution >= 0.6 is 0 Å². The van der Waals surface area contributed by atoms with Crippen molar-refractivity contribution in [2.45, 2.75) is 26.4 Å². The highest BCUT2D eigenvalue weighted by molar-refractivity contribution is 5.80. The third-order valence-electron chi connectivity index (χ3n) is 3.69. The Hall–Kier alpha value is -0.820. The van der Waals surface area contributed by atoms with Crippen LogP contribution < -0.4 is 5.32 Å². The Morgan fingerprint density at radius 2 is 1.75 bits per heavy atom. The van der Waals surface area contributed by atoms with E-state index >= 15 is 0 Å². The lowest BCUT2D eigenvalue weighted by Crippen LogP contribution is -2.53. The van der Waals surface area contributed by atoms with Gasteiger partial charge >= 0.3 is 6.18 Å². The second-order valence-electron chi connectivity index (χ2n) is 5.07. The number of hydrogen-bond acceptors (Lipinski definition) is 3. The topological polar surface area (TPSA) is 35.6 Å². The number of nitrogens with zero attached hydrogens (tertiary/aromatic N) is 2. The lowest BCUT2D eigenvalue weighted by molar-refractivity contribution is -0.148. The number of nitrogens with one attached hydrogen (secondary N) is 1. The zero-order valence-corrected chi connectivity index (χ0v) is 12.2. The van der Waals surface area contributed by atoms with Gasteiger partial charge in [-0.3, -0.25) is 4.79 Å². The molecule has 20 heavy (non-hydrogen) atoms. The SMILES string of the molecule is CCN(CC)CCN(CCC(F)(F)F)C(=O)C1CNC1. The van der Waals surface area contributed by atoms with E-state index in [1.807, 2.05) is 13.8 Å². The zero-order chi connectivity index (χ0) is 15.2. The molecule has 0 saturated carbocycles. The molecule has 0 aromatic heterocycles. The summed E-state index contributed by atoms with van der Waals surface area (Å²) in [4.78, 5) is 15.6. The maximum atomic E-state index is 12.3. The van der Waals surface area contributed by atoms with E-state index in [0.717, 1.165) is 13.1 Å². The van der Waals surface area contributed by atoms with Gasteiger partial charge < -0.3 is 15.1 Å². The van der Waals surface area contributed by atoms with Crippen molar-refractivity contribution in [2.75, 3.05) is 45.8 Å². The van der Waals surface area contributed by atoms with E-state index in [1.165, 1.54) is 4.90 Å². The van der Waals surface area contributed by atoms with E-state index in [2.05, 4.69) is 10.2 Å². The lowest BCUT2D eigenvalue weighted by Gasteiger charge is -2.33. The maximum Gasteiger partial charge on any atom is 0.390 e. The number of carbonyl (C=O) groups is 1. The Morgan fingerprint density at radius 3 is 2.15 bits per heavy atom. The minimum absolute atomic E-state index is 0.153. The Balaban J connectivity index is 2.51. The maximum absolute atomic E-state index is 12.3. The van der Waals surface area contributed by atoms with Crippen LogP contribution in [-0.4, -0.2) is 67.7 Å². The average Bonchev–Trinajstić information content (AvgIpc) is 2.30. The summed E-state index contributed by atoms with van der Waals surface area (Å²) >= 11 is 0. The summed E-state index contributed by atoms with van der Waals surface area (Å²) < 4.78 is 37.0. The average molecular weight is 295 g/mol. The van der Waals surface area contributed by atoms with Crippen LogP contribution in [-0.2, 0) is 4.79 Å². The molecule has 0 bridgehead atoms. The molecule has 7 heteroatoms. The molecule has 1 saturated heterocycles. The van der Waals surface area contributed by atoms with Crippen molar-refractivity contribution in [1.82, 2.24) is 15.1 Å². The van der Waals surface area contributed by atoms with Gasteiger partial charge in [-0.05, 0) is 13.1 Å². The molecular formula is C13H24F3N3O. The first kappa shape index (κ1) is 17.2. The number of carbonyl (C=O) groups excluding carboxylic acids is 1. The van der Waals surface area contributed by atoms with Gasteiger partial charge in [0, 0.05) is 32.7 Å². The molecule has 1 N–H and O–H groups in total. The molecule has 1 rings (SSSR count). The molecule has 1 fully saturated rings.